The van der Waals surface area contributed by atoms with Crippen LogP contribution in [0.25, 0.3) is 0 Å². The fourth-order valence-corrected chi connectivity index (χ4v) is 2.47. The lowest BCUT2D eigenvalue weighted by Crippen LogP contribution is -2.23. The molecular weight excluding hydrogens is 204 g/mol. The molecule has 0 spiro atoms. The third kappa shape index (κ3) is 1.89. The van der Waals surface area contributed by atoms with Crippen molar-refractivity contribution in [1.29, 1.82) is 0 Å². The molecule has 0 amide bonds. The minimum Gasteiger partial charge on any atom is -0.480 e. The smallest absolute Gasteiger partial charge is 0.238 e. The van der Waals surface area contributed by atoms with Crippen molar-refractivity contribution >= 4 is 0 Å². The number of methoxy groups -OCH3 is 1. The van der Waals surface area contributed by atoms with Crippen LogP contribution >= 0.6 is 0 Å². The van der Waals surface area contributed by atoms with E-state index < -0.39 is 6.10 Å². The summed E-state index contributed by atoms with van der Waals surface area (Å²) in [4.78, 5) is 8.28. The van der Waals surface area contributed by atoms with Crippen LogP contribution in [0.4, 0.5) is 0 Å². The highest BCUT2D eigenvalue weighted by molar-refractivity contribution is 5.22. The van der Waals surface area contributed by atoms with Gasteiger partial charge in [0.1, 0.15) is 11.8 Å². The molecule has 1 aliphatic rings. The molecule has 0 aliphatic heterocycles. The molecule has 0 bridgehead atoms. The van der Waals surface area contributed by atoms with Gasteiger partial charge in [0.05, 0.1) is 7.11 Å². The van der Waals surface area contributed by atoms with Crippen molar-refractivity contribution < 1.29 is 9.84 Å². The van der Waals surface area contributed by atoms with Crippen LogP contribution in [-0.4, -0.2) is 22.2 Å². The van der Waals surface area contributed by atoms with Crippen LogP contribution in [0.1, 0.15) is 44.4 Å². The summed E-state index contributed by atoms with van der Waals surface area (Å²) in [5, 5.41) is 10.4. The first-order valence-corrected chi connectivity index (χ1v) is 5.70. The van der Waals surface area contributed by atoms with Crippen molar-refractivity contribution in [2.45, 2.75) is 38.7 Å². The average Bonchev–Trinajstić information content (AvgIpc) is 2.76. The third-order valence-corrected chi connectivity index (χ3v) is 3.55. The molecule has 4 heteroatoms. The topological polar surface area (TPSA) is 55.2 Å². The highest BCUT2D eigenvalue weighted by Gasteiger charge is 2.39. The number of rotatable bonds is 3. The third-order valence-electron chi connectivity index (χ3n) is 3.55. The Balaban J connectivity index is 2.29. The number of ether oxygens (including phenoxy) is 1. The van der Waals surface area contributed by atoms with Gasteiger partial charge in [-0.1, -0.05) is 19.8 Å². The molecule has 16 heavy (non-hydrogen) atoms. The van der Waals surface area contributed by atoms with Crippen LogP contribution in [0.3, 0.4) is 0 Å². The molecule has 88 valence electrons. The van der Waals surface area contributed by atoms with Crippen molar-refractivity contribution in [3.05, 3.63) is 18.1 Å². The van der Waals surface area contributed by atoms with Gasteiger partial charge < -0.3 is 9.84 Å². The molecule has 1 fully saturated rings. The van der Waals surface area contributed by atoms with E-state index in [0.29, 0.717) is 11.6 Å². The Hall–Kier alpha value is -1.16. The van der Waals surface area contributed by atoms with Crippen LogP contribution in [0.15, 0.2) is 12.4 Å². The maximum absolute atomic E-state index is 10.4. The van der Waals surface area contributed by atoms with Gasteiger partial charge in [0.15, 0.2) is 0 Å². The second-order valence-electron chi connectivity index (χ2n) is 4.71. The quantitative estimate of drug-likeness (QED) is 0.851. The molecule has 4 nitrogen and oxygen atoms in total. The SMILES string of the molecule is COc1nccnc1C(O)C1(C)CCCC1. The van der Waals surface area contributed by atoms with E-state index in [1.165, 1.54) is 12.8 Å². The lowest BCUT2D eigenvalue weighted by molar-refractivity contribution is 0.0347. The molecule has 1 N–H and O–H groups in total. The number of hydrogen-bond donors (Lipinski definition) is 1. The molecule has 1 aromatic rings. The summed E-state index contributed by atoms with van der Waals surface area (Å²) in [6.45, 7) is 2.11. The standard InChI is InChI=1S/C12H18N2O2/c1-12(5-3-4-6-12)10(15)9-11(16-2)14-8-7-13-9/h7-8,10,15H,3-6H2,1-2H3. The molecule has 0 saturated heterocycles. The normalized spacial score (nSPS) is 20.7. The minimum atomic E-state index is -0.585. The summed E-state index contributed by atoms with van der Waals surface area (Å²) in [6, 6.07) is 0. The molecule has 1 saturated carbocycles. The maximum Gasteiger partial charge on any atom is 0.238 e. The van der Waals surface area contributed by atoms with Crippen molar-refractivity contribution in [2.75, 3.05) is 7.11 Å². The summed E-state index contributed by atoms with van der Waals surface area (Å²) >= 11 is 0. The van der Waals surface area contributed by atoms with Crippen LogP contribution in [0.5, 0.6) is 5.88 Å². The molecule has 1 aromatic heterocycles. The van der Waals surface area contributed by atoms with Crippen LogP contribution < -0.4 is 4.74 Å². The number of nitrogens with zero attached hydrogens (tertiary/aromatic N) is 2. The first-order chi connectivity index (χ1) is 7.67. The lowest BCUT2D eigenvalue weighted by Gasteiger charge is -2.29. The van der Waals surface area contributed by atoms with E-state index in [4.69, 9.17) is 4.74 Å². The van der Waals surface area contributed by atoms with Crippen molar-refractivity contribution in [3.63, 3.8) is 0 Å². The average molecular weight is 222 g/mol. The van der Waals surface area contributed by atoms with Gasteiger partial charge in [-0.2, -0.15) is 0 Å². The Labute approximate surface area is 95.7 Å². The zero-order valence-electron chi connectivity index (χ0n) is 9.81. The molecule has 1 atom stereocenters. The largest absolute Gasteiger partial charge is 0.480 e. The monoisotopic (exact) mass is 222 g/mol. The Bertz CT molecular complexity index is 362. The van der Waals surface area contributed by atoms with Gasteiger partial charge in [-0.05, 0) is 18.3 Å². The molecule has 1 heterocycles. The summed E-state index contributed by atoms with van der Waals surface area (Å²) in [5.74, 6) is 0.433. The Morgan fingerprint density at radius 3 is 2.56 bits per heavy atom. The molecule has 1 aliphatic carbocycles. The second kappa shape index (κ2) is 4.37. The van der Waals surface area contributed by atoms with Gasteiger partial charge in [-0.25, -0.2) is 4.98 Å². The van der Waals surface area contributed by atoms with E-state index >= 15 is 0 Å². The first kappa shape index (κ1) is 11.3. The fourth-order valence-electron chi connectivity index (χ4n) is 2.47. The van der Waals surface area contributed by atoms with E-state index in [1.54, 1.807) is 19.5 Å². The minimum absolute atomic E-state index is 0.0800. The van der Waals surface area contributed by atoms with Gasteiger partial charge in [-0.3, -0.25) is 4.98 Å². The zero-order valence-corrected chi connectivity index (χ0v) is 9.81. The maximum atomic E-state index is 10.4. The predicted molar refractivity (Wildman–Crippen MR) is 60.1 cm³/mol. The molecule has 0 radical (unpaired) electrons. The number of aromatic nitrogens is 2. The van der Waals surface area contributed by atoms with Gasteiger partial charge in [0.25, 0.3) is 0 Å². The summed E-state index contributed by atoms with van der Waals surface area (Å²) in [6.07, 6.45) is 7.01. The Morgan fingerprint density at radius 1 is 1.31 bits per heavy atom. The van der Waals surface area contributed by atoms with E-state index in [9.17, 15) is 5.11 Å². The molecular formula is C12H18N2O2. The van der Waals surface area contributed by atoms with Crippen molar-refractivity contribution in [3.8, 4) is 5.88 Å². The summed E-state index contributed by atoms with van der Waals surface area (Å²) in [5.41, 5.74) is 0.484. The van der Waals surface area contributed by atoms with E-state index in [1.807, 2.05) is 0 Å². The number of aliphatic hydroxyl groups excluding tert-OH is 1. The van der Waals surface area contributed by atoms with E-state index in [0.717, 1.165) is 12.8 Å². The fraction of sp³-hybridized carbons (Fsp3) is 0.667. The zero-order chi connectivity index (χ0) is 11.6. The highest BCUT2D eigenvalue weighted by Crippen LogP contribution is 2.47. The number of aliphatic hydroxyl groups is 1. The van der Waals surface area contributed by atoms with Gasteiger partial charge in [0, 0.05) is 12.4 Å². The summed E-state index contributed by atoms with van der Waals surface area (Å²) in [7, 11) is 1.55. The molecule has 2 rings (SSSR count). The van der Waals surface area contributed by atoms with E-state index in [2.05, 4.69) is 16.9 Å². The van der Waals surface area contributed by atoms with E-state index in [-0.39, 0.29) is 5.41 Å². The van der Waals surface area contributed by atoms with Crippen LogP contribution in [0, 0.1) is 5.41 Å². The lowest BCUT2D eigenvalue weighted by atomic mass is 9.81. The molecule has 0 aromatic carbocycles. The van der Waals surface area contributed by atoms with Crippen LogP contribution in [-0.2, 0) is 0 Å². The van der Waals surface area contributed by atoms with Gasteiger partial charge >= 0.3 is 0 Å². The van der Waals surface area contributed by atoms with Gasteiger partial charge in [0.2, 0.25) is 5.88 Å². The van der Waals surface area contributed by atoms with Crippen molar-refractivity contribution in [2.24, 2.45) is 5.41 Å². The highest BCUT2D eigenvalue weighted by atomic mass is 16.5. The second-order valence-corrected chi connectivity index (χ2v) is 4.71. The predicted octanol–water partition coefficient (Wildman–Crippen LogP) is 2.10. The Kier molecular flexibility index (Phi) is 3.10. The van der Waals surface area contributed by atoms with Crippen molar-refractivity contribution in [1.82, 2.24) is 9.97 Å². The summed E-state index contributed by atoms with van der Waals surface area (Å²) < 4.78 is 5.14. The van der Waals surface area contributed by atoms with Gasteiger partial charge in [-0.15, -0.1) is 0 Å². The Morgan fingerprint density at radius 2 is 1.94 bits per heavy atom. The number of hydrogen-bond acceptors (Lipinski definition) is 4. The van der Waals surface area contributed by atoms with Crippen LogP contribution in [0.2, 0.25) is 0 Å². The molecule has 1 unspecified atom stereocenters. The first-order valence-electron chi connectivity index (χ1n) is 5.70.